The molecule has 1 aliphatic rings. The summed E-state index contributed by atoms with van der Waals surface area (Å²) in [6.45, 7) is 1.03. The highest BCUT2D eigenvalue weighted by molar-refractivity contribution is 6.33. The normalized spacial score (nSPS) is 18.9. The first-order valence-corrected chi connectivity index (χ1v) is 6.00. The third-order valence-corrected chi connectivity index (χ3v) is 3.08. The van der Waals surface area contributed by atoms with Gasteiger partial charge in [0, 0.05) is 13.2 Å². The van der Waals surface area contributed by atoms with E-state index in [1.165, 1.54) is 0 Å². The molecule has 1 aromatic carbocycles. The summed E-state index contributed by atoms with van der Waals surface area (Å²) in [6, 6.07) is 1.58. The van der Waals surface area contributed by atoms with Crippen molar-refractivity contribution in [1.82, 2.24) is 5.32 Å². The number of hydrogen-bond donors (Lipinski definition) is 1. The van der Waals surface area contributed by atoms with E-state index in [-0.39, 0.29) is 16.7 Å². The minimum Gasteiger partial charge on any atom is -0.376 e. The molecule has 3 nitrogen and oxygen atoms in total. The van der Waals surface area contributed by atoms with Crippen LogP contribution in [0.25, 0.3) is 0 Å². The molecule has 1 heterocycles. The lowest BCUT2D eigenvalue weighted by atomic mass is 10.2. The predicted molar refractivity (Wildman–Crippen MR) is 62.7 cm³/mol. The van der Waals surface area contributed by atoms with Crippen molar-refractivity contribution in [2.45, 2.75) is 18.9 Å². The van der Waals surface area contributed by atoms with E-state index in [4.69, 9.17) is 16.3 Å². The van der Waals surface area contributed by atoms with Crippen LogP contribution in [0.4, 0.5) is 8.78 Å². The maximum atomic E-state index is 13.0. The molecule has 1 aliphatic heterocycles. The Balaban J connectivity index is 2.01. The van der Waals surface area contributed by atoms with Gasteiger partial charge in [-0.05, 0) is 25.0 Å². The second-order valence-corrected chi connectivity index (χ2v) is 4.50. The number of nitrogens with one attached hydrogen (secondary N) is 1. The Morgan fingerprint density at radius 3 is 2.83 bits per heavy atom. The maximum Gasteiger partial charge on any atom is 0.252 e. The molecule has 0 bridgehead atoms. The topological polar surface area (TPSA) is 38.3 Å². The third kappa shape index (κ3) is 2.97. The minimum atomic E-state index is -1.10. The van der Waals surface area contributed by atoms with Crippen LogP contribution < -0.4 is 5.32 Å². The fourth-order valence-electron chi connectivity index (χ4n) is 1.80. The van der Waals surface area contributed by atoms with E-state index in [2.05, 4.69) is 5.32 Å². The Labute approximate surface area is 108 Å². The van der Waals surface area contributed by atoms with Crippen molar-refractivity contribution in [3.8, 4) is 0 Å². The zero-order valence-electron chi connectivity index (χ0n) is 9.51. The predicted octanol–water partition coefficient (Wildman–Crippen LogP) is 2.53. The summed E-state index contributed by atoms with van der Waals surface area (Å²) < 4.78 is 31.2. The largest absolute Gasteiger partial charge is 0.376 e. The summed E-state index contributed by atoms with van der Waals surface area (Å²) in [5.41, 5.74) is -0.0754. The summed E-state index contributed by atoms with van der Waals surface area (Å²) in [5, 5.41) is 2.48. The summed E-state index contributed by atoms with van der Waals surface area (Å²) >= 11 is 5.69. The van der Waals surface area contributed by atoms with Gasteiger partial charge in [-0.15, -0.1) is 0 Å². The van der Waals surface area contributed by atoms with Crippen LogP contribution in [0.1, 0.15) is 23.2 Å². The molecule has 1 amide bonds. The van der Waals surface area contributed by atoms with Gasteiger partial charge >= 0.3 is 0 Å². The molecular formula is C12H12ClF2NO2. The van der Waals surface area contributed by atoms with Crippen LogP contribution in [0.3, 0.4) is 0 Å². The molecule has 1 fully saturated rings. The zero-order chi connectivity index (χ0) is 13.1. The molecule has 98 valence electrons. The molecule has 0 radical (unpaired) electrons. The van der Waals surface area contributed by atoms with Gasteiger partial charge in [-0.25, -0.2) is 8.78 Å². The van der Waals surface area contributed by atoms with Crippen LogP contribution in [-0.2, 0) is 4.74 Å². The number of rotatable bonds is 3. The van der Waals surface area contributed by atoms with Gasteiger partial charge in [0.15, 0.2) is 11.6 Å². The molecule has 1 atom stereocenters. The quantitative estimate of drug-likeness (QED) is 0.861. The number of halogens is 3. The Kier molecular flexibility index (Phi) is 4.14. The smallest absolute Gasteiger partial charge is 0.252 e. The van der Waals surface area contributed by atoms with Crippen molar-refractivity contribution < 1.29 is 18.3 Å². The molecule has 2 rings (SSSR count). The second-order valence-electron chi connectivity index (χ2n) is 4.09. The molecular weight excluding hydrogens is 264 g/mol. The van der Waals surface area contributed by atoms with Crippen LogP contribution in [-0.4, -0.2) is 25.2 Å². The first-order valence-electron chi connectivity index (χ1n) is 5.62. The second kappa shape index (κ2) is 5.63. The van der Waals surface area contributed by atoms with Crippen molar-refractivity contribution >= 4 is 17.5 Å². The SMILES string of the molecule is O=C(NC[C@H]1CCCO1)c1cc(F)c(F)cc1Cl. The molecule has 0 saturated carbocycles. The van der Waals surface area contributed by atoms with Gasteiger partial charge in [0.1, 0.15) is 0 Å². The molecule has 1 aromatic rings. The Morgan fingerprint density at radius 1 is 1.44 bits per heavy atom. The molecule has 0 aliphatic carbocycles. The van der Waals surface area contributed by atoms with Gasteiger partial charge in [-0.2, -0.15) is 0 Å². The van der Waals surface area contributed by atoms with Gasteiger partial charge in [0.25, 0.3) is 5.91 Å². The zero-order valence-corrected chi connectivity index (χ0v) is 10.3. The number of amides is 1. The first-order chi connectivity index (χ1) is 8.58. The van der Waals surface area contributed by atoms with Gasteiger partial charge in [-0.3, -0.25) is 4.79 Å². The Bertz CT molecular complexity index is 462. The van der Waals surface area contributed by atoms with E-state index in [0.717, 1.165) is 25.0 Å². The van der Waals surface area contributed by atoms with E-state index < -0.39 is 17.5 Å². The highest BCUT2D eigenvalue weighted by Gasteiger charge is 2.19. The van der Waals surface area contributed by atoms with Crippen molar-refractivity contribution in [1.29, 1.82) is 0 Å². The first kappa shape index (κ1) is 13.2. The number of carbonyl (C=O) groups excluding carboxylic acids is 1. The highest BCUT2D eigenvalue weighted by atomic mass is 35.5. The Morgan fingerprint density at radius 2 is 2.17 bits per heavy atom. The molecule has 1 N–H and O–H groups in total. The maximum absolute atomic E-state index is 13.0. The van der Waals surface area contributed by atoms with Crippen LogP contribution in [0, 0.1) is 11.6 Å². The minimum absolute atomic E-state index is 0.0157. The number of benzene rings is 1. The molecule has 0 unspecified atom stereocenters. The van der Waals surface area contributed by atoms with Gasteiger partial charge in [0.2, 0.25) is 0 Å². The summed E-state index contributed by atoms with van der Waals surface area (Å²) in [6.07, 6.45) is 1.83. The molecule has 6 heteroatoms. The summed E-state index contributed by atoms with van der Waals surface area (Å²) in [4.78, 5) is 11.7. The molecule has 18 heavy (non-hydrogen) atoms. The van der Waals surface area contributed by atoms with Crippen molar-refractivity contribution in [2.75, 3.05) is 13.2 Å². The summed E-state index contributed by atoms with van der Waals surface area (Å²) in [5.74, 6) is -2.70. The number of hydrogen-bond acceptors (Lipinski definition) is 2. The van der Waals surface area contributed by atoms with E-state index in [9.17, 15) is 13.6 Å². The molecule has 0 spiro atoms. The van der Waals surface area contributed by atoms with E-state index >= 15 is 0 Å². The average Bonchev–Trinajstić information content (AvgIpc) is 2.84. The lowest BCUT2D eigenvalue weighted by Gasteiger charge is -2.11. The van der Waals surface area contributed by atoms with Crippen LogP contribution in [0.2, 0.25) is 5.02 Å². The fraction of sp³-hybridized carbons (Fsp3) is 0.417. The average molecular weight is 276 g/mol. The highest BCUT2D eigenvalue weighted by Crippen LogP contribution is 2.20. The van der Waals surface area contributed by atoms with Gasteiger partial charge in [-0.1, -0.05) is 11.6 Å². The molecule has 1 saturated heterocycles. The third-order valence-electron chi connectivity index (χ3n) is 2.77. The standard InChI is InChI=1S/C12H12ClF2NO2/c13-9-5-11(15)10(14)4-8(9)12(17)16-6-7-2-1-3-18-7/h4-5,7H,1-3,6H2,(H,16,17)/t7-/m1/s1. The summed E-state index contributed by atoms with van der Waals surface area (Å²) in [7, 11) is 0. The molecule has 0 aromatic heterocycles. The van der Waals surface area contributed by atoms with Crippen molar-refractivity contribution in [2.24, 2.45) is 0 Å². The fourth-order valence-corrected chi connectivity index (χ4v) is 2.04. The van der Waals surface area contributed by atoms with Gasteiger partial charge < -0.3 is 10.1 Å². The number of ether oxygens (including phenoxy) is 1. The van der Waals surface area contributed by atoms with E-state index in [1.54, 1.807) is 0 Å². The lowest BCUT2D eigenvalue weighted by molar-refractivity contribution is 0.0857. The van der Waals surface area contributed by atoms with E-state index in [0.29, 0.717) is 13.2 Å². The van der Waals surface area contributed by atoms with Crippen LogP contribution in [0.15, 0.2) is 12.1 Å². The van der Waals surface area contributed by atoms with Crippen LogP contribution >= 0.6 is 11.6 Å². The van der Waals surface area contributed by atoms with Crippen molar-refractivity contribution in [3.63, 3.8) is 0 Å². The van der Waals surface area contributed by atoms with Crippen molar-refractivity contribution in [3.05, 3.63) is 34.4 Å². The van der Waals surface area contributed by atoms with Crippen LogP contribution in [0.5, 0.6) is 0 Å². The number of carbonyl (C=O) groups is 1. The monoisotopic (exact) mass is 275 g/mol. The van der Waals surface area contributed by atoms with Gasteiger partial charge in [0.05, 0.1) is 16.7 Å². The Hall–Kier alpha value is -1.20. The van der Waals surface area contributed by atoms with E-state index in [1.807, 2.05) is 0 Å². The lowest BCUT2D eigenvalue weighted by Crippen LogP contribution is -2.32.